The molecule has 0 spiro atoms. The number of hydrogen-bond acceptors (Lipinski definition) is 1. The Morgan fingerprint density at radius 3 is 2.33 bits per heavy atom. The van der Waals surface area contributed by atoms with Gasteiger partial charge in [-0.05, 0) is 60.3 Å². The number of hydrogen-bond donors (Lipinski definition) is 1. The Bertz CT molecular complexity index is 451. The average Bonchev–Trinajstić information content (AvgIpc) is 2.65. The van der Waals surface area contributed by atoms with Crippen molar-refractivity contribution in [2.24, 2.45) is 16.7 Å². The topological polar surface area (TPSA) is 12.0 Å². The van der Waals surface area contributed by atoms with Gasteiger partial charge in [0.2, 0.25) is 0 Å². The summed E-state index contributed by atoms with van der Waals surface area (Å²) in [5, 5.41) is 3.77. The Morgan fingerprint density at radius 2 is 1.83 bits per heavy atom. The van der Waals surface area contributed by atoms with Crippen molar-refractivity contribution in [2.45, 2.75) is 46.1 Å². The first-order valence-electron chi connectivity index (χ1n) is 6.95. The fourth-order valence-corrected chi connectivity index (χ4v) is 4.43. The van der Waals surface area contributed by atoms with Gasteiger partial charge in [-0.15, -0.1) is 0 Å². The van der Waals surface area contributed by atoms with Crippen LogP contribution < -0.4 is 5.32 Å². The van der Waals surface area contributed by atoms with Gasteiger partial charge in [0.1, 0.15) is 0 Å². The van der Waals surface area contributed by atoms with Crippen molar-refractivity contribution in [3.05, 3.63) is 28.7 Å². The summed E-state index contributed by atoms with van der Waals surface area (Å²) < 4.78 is 1.15. The number of fused-ring (bicyclic) bond motifs is 2. The van der Waals surface area contributed by atoms with Gasteiger partial charge in [-0.1, -0.05) is 36.7 Å². The van der Waals surface area contributed by atoms with Crippen LogP contribution in [0.2, 0.25) is 0 Å². The van der Waals surface area contributed by atoms with Crippen LogP contribution in [0.5, 0.6) is 0 Å². The summed E-state index contributed by atoms with van der Waals surface area (Å²) >= 11 is 3.49. The highest BCUT2D eigenvalue weighted by Crippen LogP contribution is 2.65. The first kappa shape index (κ1) is 12.5. The summed E-state index contributed by atoms with van der Waals surface area (Å²) in [6.07, 6.45) is 4.13. The van der Waals surface area contributed by atoms with E-state index in [0.29, 0.717) is 16.9 Å². The van der Waals surface area contributed by atoms with Crippen molar-refractivity contribution in [3.63, 3.8) is 0 Å². The monoisotopic (exact) mass is 307 g/mol. The highest BCUT2D eigenvalue weighted by molar-refractivity contribution is 9.10. The minimum atomic E-state index is 0.449. The quantitative estimate of drug-likeness (QED) is 0.803. The number of nitrogens with one attached hydrogen (secondary N) is 1. The third kappa shape index (κ3) is 1.65. The van der Waals surface area contributed by atoms with Crippen LogP contribution in [-0.4, -0.2) is 6.04 Å². The van der Waals surface area contributed by atoms with Gasteiger partial charge in [0.25, 0.3) is 0 Å². The molecule has 2 bridgehead atoms. The Morgan fingerprint density at radius 1 is 1.17 bits per heavy atom. The number of halogens is 1. The molecule has 0 aliphatic heterocycles. The van der Waals surface area contributed by atoms with E-state index in [2.05, 4.69) is 66.3 Å². The number of anilines is 1. The zero-order valence-corrected chi connectivity index (χ0v) is 13.0. The molecule has 1 aromatic carbocycles. The minimum Gasteiger partial charge on any atom is -0.382 e. The van der Waals surface area contributed by atoms with Gasteiger partial charge in [-0.3, -0.25) is 0 Å². The molecule has 2 saturated carbocycles. The summed E-state index contributed by atoms with van der Waals surface area (Å²) in [6, 6.07) is 9.21. The van der Waals surface area contributed by atoms with Gasteiger partial charge in [0, 0.05) is 16.2 Å². The maximum absolute atomic E-state index is 3.77. The Balaban J connectivity index is 1.81. The molecule has 3 atom stereocenters. The molecule has 1 nitrogen and oxygen atoms in total. The van der Waals surface area contributed by atoms with Crippen LogP contribution in [0.25, 0.3) is 0 Å². The van der Waals surface area contributed by atoms with Crippen molar-refractivity contribution in [1.29, 1.82) is 0 Å². The van der Waals surface area contributed by atoms with Crippen molar-refractivity contribution in [2.75, 3.05) is 5.32 Å². The molecular weight excluding hydrogens is 286 g/mol. The lowest BCUT2D eigenvalue weighted by atomic mass is 9.69. The SMILES string of the molecule is CC1(C)C2CCC1(C)C(Nc1ccc(Br)cc1)C2. The molecule has 18 heavy (non-hydrogen) atoms. The van der Waals surface area contributed by atoms with E-state index in [1.165, 1.54) is 24.9 Å². The molecule has 0 aromatic heterocycles. The Hall–Kier alpha value is -0.500. The van der Waals surface area contributed by atoms with E-state index in [-0.39, 0.29) is 0 Å². The van der Waals surface area contributed by atoms with Gasteiger partial charge in [0.15, 0.2) is 0 Å². The second-order valence-corrected chi connectivity index (χ2v) is 7.73. The van der Waals surface area contributed by atoms with Gasteiger partial charge < -0.3 is 5.32 Å². The standard InChI is InChI=1S/C16H22BrN/c1-15(2)11-8-9-16(15,3)14(10-11)18-13-6-4-12(17)5-7-13/h4-7,11,14,18H,8-10H2,1-3H3. The molecule has 2 aliphatic rings. The van der Waals surface area contributed by atoms with Crippen LogP contribution >= 0.6 is 15.9 Å². The van der Waals surface area contributed by atoms with E-state index >= 15 is 0 Å². The third-order valence-corrected chi connectivity index (χ3v) is 6.51. The van der Waals surface area contributed by atoms with Crippen molar-refractivity contribution >= 4 is 21.6 Å². The van der Waals surface area contributed by atoms with Crippen LogP contribution in [0, 0.1) is 16.7 Å². The highest BCUT2D eigenvalue weighted by atomic mass is 79.9. The summed E-state index contributed by atoms with van der Waals surface area (Å²) in [7, 11) is 0. The van der Waals surface area contributed by atoms with E-state index in [0.717, 1.165) is 10.4 Å². The molecule has 2 aliphatic carbocycles. The molecular formula is C16H22BrN. The predicted molar refractivity (Wildman–Crippen MR) is 80.8 cm³/mol. The molecule has 1 aromatic rings. The highest BCUT2D eigenvalue weighted by Gasteiger charge is 2.61. The van der Waals surface area contributed by atoms with E-state index < -0.39 is 0 Å². The van der Waals surface area contributed by atoms with Crippen LogP contribution in [0.3, 0.4) is 0 Å². The fourth-order valence-electron chi connectivity index (χ4n) is 4.17. The smallest absolute Gasteiger partial charge is 0.0343 e. The summed E-state index contributed by atoms with van der Waals surface area (Å²) in [6.45, 7) is 7.42. The summed E-state index contributed by atoms with van der Waals surface area (Å²) in [4.78, 5) is 0. The normalized spacial score (nSPS) is 36.9. The predicted octanol–water partition coefficient (Wildman–Crippen LogP) is 5.08. The molecule has 98 valence electrons. The lowest BCUT2D eigenvalue weighted by molar-refractivity contribution is 0.142. The number of benzene rings is 1. The fraction of sp³-hybridized carbons (Fsp3) is 0.625. The lowest BCUT2D eigenvalue weighted by Gasteiger charge is -2.40. The van der Waals surface area contributed by atoms with Gasteiger partial charge >= 0.3 is 0 Å². The van der Waals surface area contributed by atoms with Crippen molar-refractivity contribution < 1.29 is 0 Å². The van der Waals surface area contributed by atoms with Crippen molar-refractivity contribution in [3.8, 4) is 0 Å². The molecule has 1 N–H and O–H groups in total. The van der Waals surface area contributed by atoms with Gasteiger partial charge in [-0.2, -0.15) is 0 Å². The third-order valence-electron chi connectivity index (χ3n) is 5.98. The molecule has 3 rings (SSSR count). The van der Waals surface area contributed by atoms with E-state index in [9.17, 15) is 0 Å². The Kier molecular flexibility index (Phi) is 2.78. The molecule has 0 amide bonds. The largest absolute Gasteiger partial charge is 0.382 e. The zero-order valence-electron chi connectivity index (χ0n) is 11.5. The summed E-state index contributed by atoms with van der Waals surface area (Å²) in [5.41, 5.74) is 2.19. The number of rotatable bonds is 2. The minimum absolute atomic E-state index is 0.449. The van der Waals surface area contributed by atoms with E-state index in [1.807, 2.05) is 0 Å². The maximum atomic E-state index is 3.77. The van der Waals surface area contributed by atoms with Crippen LogP contribution in [-0.2, 0) is 0 Å². The first-order chi connectivity index (χ1) is 8.43. The molecule has 0 heterocycles. The molecule has 0 radical (unpaired) electrons. The second kappa shape index (κ2) is 4.00. The van der Waals surface area contributed by atoms with E-state index in [4.69, 9.17) is 0 Å². The Labute approximate surface area is 118 Å². The maximum Gasteiger partial charge on any atom is 0.0343 e. The molecule has 3 unspecified atom stereocenters. The van der Waals surface area contributed by atoms with Crippen LogP contribution in [0.4, 0.5) is 5.69 Å². The van der Waals surface area contributed by atoms with Crippen molar-refractivity contribution in [1.82, 2.24) is 0 Å². The van der Waals surface area contributed by atoms with Gasteiger partial charge in [0.05, 0.1) is 0 Å². The summed E-state index contributed by atoms with van der Waals surface area (Å²) in [5.74, 6) is 0.899. The molecule has 0 saturated heterocycles. The zero-order chi connectivity index (χ0) is 13.0. The van der Waals surface area contributed by atoms with E-state index in [1.54, 1.807) is 0 Å². The second-order valence-electron chi connectivity index (χ2n) is 6.81. The molecule has 2 heteroatoms. The first-order valence-corrected chi connectivity index (χ1v) is 7.75. The van der Waals surface area contributed by atoms with Crippen LogP contribution in [0.1, 0.15) is 40.0 Å². The lowest BCUT2D eigenvalue weighted by Crippen LogP contribution is -2.40. The molecule has 2 fully saturated rings. The average molecular weight is 308 g/mol. The van der Waals surface area contributed by atoms with Gasteiger partial charge in [-0.25, -0.2) is 0 Å². The van der Waals surface area contributed by atoms with Crippen LogP contribution in [0.15, 0.2) is 28.7 Å².